The fraction of sp³-hybridized carbons (Fsp3) is 0.833. The van der Waals surface area contributed by atoms with E-state index in [1.807, 2.05) is 0 Å². The summed E-state index contributed by atoms with van der Waals surface area (Å²) in [4.78, 5) is 10.4. The van der Waals surface area contributed by atoms with E-state index in [0.29, 0.717) is 6.42 Å². The second-order valence-electron chi connectivity index (χ2n) is 2.46. The quantitative estimate of drug-likeness (QED) is 0.371. The van der Waals surface area contributed by atoms with Crippen LogP contribution in [0.15, 0.2) is 0 Å². The third-order valence-electron chi connectivity index (χ3n) is 1.45. The number of rotatable bonds is 6. The second-order valence-corrected chi connectivity index (χ2v) is 2.46. The molecule has 58 valence electrons. The van der Waals surface area contributed by atoms with Crippen molar-refractivity contribution >= 4 is 21.5 Å². The average Bonchev–Trinajstić information content (AvgIpc) is 1.97. The van der Waals surface area contributed by atoms with E-state index >= 15 is 0 Å². The summed E-state index contributed by atoms with van der Waals surface area (Å²) in [5.41, 5.74) is 4.93. The Bertz CT molecular complexity index is 121. The molecule has 0 heterocycles. The van der Waals surface area contributed by atoms with Gasteiger partial charge in [0.05, 0.1) is 11.7 Å². The van der Waals surface area contributed by atoms with Crippen molar-refractivity contribution in [1.82, 2.24) is 5.23 Å². The van der Waals surface area contributed by atoms with Gasteiger partial charge in [0.15, 0.2) is 15.8 Å². The smallest absolute Gasteiger partial charge is 0.177 e. The molecule has 4 radical (unpaired) electrons. The third kappa shape index (κ3) is 6.13. The molecule has 0 spiro atoms. The number of carbonyl (C=O) groups is 1. The molecule has 0 aromatic carbocycles. The molecule has 0 saturated heterocycles. The van der Waals surface area contributed by atoms with Crippen LogP contribution < -0.4 is 11.0 Å². The lowest BCUT2D eigenvalue weighted by Gasteiger charge is -2.06. The zero-order valence-corrected chi connectivity index (χ0v) is 6.55. The minimum absolute atomic E-state index is 0.439. The number of nitrogens with one attached hydrogen (secondary N) is 1. The summed E-state index contributed by atoms with van der Waals surface area (Å²) in [5, 5.41) is 2.51. The van der Waals surface area contributed by atoms with Gasteiger partial charge in [-0.25, -0.2) is 0 Å². The molecule has 0 aliphatic heterocycles. The average molecular weight is 150 g/mol. The third-order valence-corrected chi connectivity index (χ3v) is 1.45. The van der Waals surface area contributed by atoms with Gasteiger partial charge in [-0.15, -0.1) is 0 Å². The molecular weight excluding hydrogens is 138 g/mol. The summed E-state index contributed by atoms with van der Waals surface area (Å²) in [6, 6.07) is -0.507. The first-order chi connectivity index (χ1) is 5.18. The van der Waals surface area contributed by atoms with Gasteiger partial charge in [-0.1, -0.05) is 6.42 Å². The zero-order chi connectivity index (χ0) is 8.69. The Morgan fingerprint density at radius 1 is 1.55 bits per heavy atom. The topological polar surface area (TPSA) is 55.1 Å². The van der Waals surface area contributed by atoms with Crippen LogP contribution in [-0.2, 0) is 4.79 Å². The van der Waals surface area contributed by atoms with E-state index in [1.54, 1.807) is 0 Å². The normalized spacial score (nSPS) is 12.8. The molecule has 11 heavy (non-hydrogen) atoms. The molecule has 1 atom stereocenters. The summed E-state index contributed by atoms with van der Waals surface area (Å²) >= 11 is 0. The van der Waals surface area contributed by atoms with Gasteiger partial charge in [0, 0.05) is 0 Å². The van der Waals surface area contributed by atoms with Crippen molar-refractivity contribution in [1.29, 1.82) is 0 Å². The van der Waals surface area contributed by atoms with Crippen LogP contribution in [0.3, 0.4) is 0 Å². The molecule has 0 fully saturated rings. The van der Waals surface area contributed by atoms with E-state index in [4.69, 9.17) is 21.6 Å². The summed E-state index contributed by atoms with van der Waals surface area (Å²) in [6.07, 6.45) is 2.42. The van der Waals surface area contributed by atoms with E-state index in [2.05, 4.69) is 5.23 Å². The first-order valence-electron chi connectivity index (χ1n) is 3.67. The van der Waals surface area contributed by atoms with Crippen LogP contribution in [0.4, 0.5) is 0 Å². The minimum atomic E-state index is -0.507. The SMILES string of the molecule is [B]NCCCC[C@H](N)C([B])=O. The van der Waals surface area contributed by atoms with Gasteiger partial charge in [-0.05, 0) is 19.4 Å². The van der Waals surface area contributed by atoms with Gasteiger partial charge in [0.25, 0.3) is 0 Å². The molecule has 0 aromatic rings. The van der Waals surface area contributed by atoms with Crippen LogP contribution in [0.1, 0.15) is 19.3 Å². The summed E-state index contributed by atoms with van der Waals surface area (Å²) in [6.45, 7) is 0.742. The number of hydrogen-bond acceptors (Lipinski definition) is 3. The van der Waals surface area contributed by atoms with Gasteiger partial charge in [0.1, 0.15) is 0 Å². The maximum Gasteiger partial charge on any atom is 0.177 e. The van der Waals surface area contributed by atoms with Crippen LogP contribution in [0.5, 0.6) is 0 Å². The van der Waals surface area contributed by atoms with Crippen molar-refractivity contribution < 1.29 is 4.79 Å². The van der Waals surface area contributed by atoms with Crippen LogP contribution in [0.25, 0.3) is 0 Å². The Kier molecular flexibility index (Phi) is 6.27. The highest BCUT2D eigenvalue weighted by molar-refractivity contribution is 6.59. The standard InChI is InChI=1S/C6H12B2N2O/c7-6(11)5(9)3-1-2-4-10-8/h5,10H,1-4,9H2/t5-/m0/s1. The first-order valence-corrected chi connectivity index (χ1v) is 3.67. The van der Waals surface area contributed by atoms with E-state index in [9.17, 15) is 4.79 Å². The van der Waals surface area contributed by atoms with Gasteiger partial charge < -0.3 is 15.8 Å². The van der Waals surface area contributed by atoms with Crippen LogP contribution in [0, 0.1) is 0 Å². The summed E-state index contributed by atoms with van der Waals surface area (Å²) < 4.78 is 0. The zero-order valence-electron chi connectivity index (χ0n) is 6.55. The van der Waals surface area contributed by atoms with Gasteiger partial charge >= 0.3 is 0 Å². The number of hydrogen-bond donors (Lipinski definition) is 2. The minimum Gasteiger partial charge on any atom is -0.366 e. The molecule has 0 amide bonds. The maximum atomic E-state index is 10.4. The predicted octanol–water partition coefficient (Wildman–Crippen LogP) is -1.15. The van der Waals surface area contributed by atoms with Crippen molar-refractivity contribution in [3.63, 3.8) is 0 Å². The largest absolute Gasteiger partial charge is 0.366 e. The first kappa shape index (κ1) is 10.7. The lowest BCUT2D eigenvalue weighted by atomic mass is 9.92. The number of carbonyl (C=O) groups excluding carboxylic acids is 1. The van der Waals surface area contributed by atoms with Crippen LogP contribution in [-0.4, -0.2) is 34.1 Å². The van der Waals surface area contributed by atoms with Crippen LogP contribution >= 0.6 is 0 Å². The summed E-state index contributed by atoms with van der Waals surface area (Å²) in [5.74, 6) is 0. The lowest BCUT2D eigenvalue weighted by molar-refractivity contribution is -0.113. The Labute approximate surface area is 69.9 Å². The predicted molar refractivity (Wildman–Crippen MR) is 46.3 cm³/mol. The molecule has 0 aromatic heterocycles. The Hall–Kier alpha value is -0.280. The highest BCUT2D eigenvalue weighted by Gasteiger charge is 2.05. The molecule has 0 aliphatic rings. The number of unbranched alkanes of at least 4 members (excludes halogenated alkanes) is 1. The molecule has 0 saturated carbocycles. The number of nitrogens with two attached hydrogens (primary N) is 1. The highest BCUT2D eigenvalue weighted by atomic mass is 16.1. The van der Waals surface area contributed by atoms with Crippen LogP contribution in [0.2, 0.25) is 0 Å². The molecule has 0 aliphatic carbocycles. The van der Waals surface area contributed by atoms with E-state index in [1.165, 1.54) is 0 Å². The Balaban J connectivity index is 3.17. The van der Waals surface area contributed by atoms with Crippen molar-refractivity contribution in [2.45, 2.75) is 25.3 Å². The molecule has 3 N–H and O–H groups in total. The van der Waals surface area contributed by atoms with Crippen molar-refractivity contribution in [2.75, 3.05) is 6.54 Å². The van der Waals surface area contributed by atoms with Crippen molar-refractivity contribution in [3.8, 4) is 0 Å². The van der Waals surface area contributed by atoms with E-state index < -0.39 is 11.7 Å². The Morgan fingerprint density at radius 3 is 2.64 bits per heavy atom. The second kappa shape index (κ2) is 6.43. The molecule has 3 nitrogen and oxygen atoms in total. The molecule has 0 bridgehead atoms. The molecule has 0 unspecified atom stereocenters. The van der Waals surface area contributed by atoms with E-state index in [0.717, 1.165) is 19.4 Å². The molecular formula is C6H12B2N2O. The van der Waals surface area contributed by atoms with Gasteiger partial charge in [-0.2, -0.15) is 0 Å². The van der Waals surface area contributed by atoms with Gasteiger partial charge in [-0.3, -0.25) is 0 Å². The fourth-order valence-electron chi connectivity index (χ4n) is 0.734. The molecule has 5 heteroatoms. The van der Waals surface area contributed by atoms with Crippen molar-refractivity contribution in [3.05, 3.63) is 0 Å². The van der Waals surface area contributed by atoms with Crippen molar-refractivity contribution in [2.24, 2.45) is 5.73 Å². The van der Waals surface area contributed by atoms with E-state index in [-0.39, 0.29) is 0 Å². The maximum absolute atomic E-state index is 10.4. The fourth-order valence-corrected chi connectivity index (χ4v) is 0.734. The Morgan fingerprint density at radius 2 is 2.18 bits per heavy atom. The highest BCUT2D eigenvalue weighted by Crippen LogP contribution is 1.97. The molecule has 0 rings (SSSR count). The summed E-state index contributed by atoms with van der Waals surface area (Å²) in [7, 11) is 9.98. The monoisotopic (exact) mass is 150 g/mol. The lowest BCUT2D eigenvalue weighted by Crippen LogP contribution is -2.30. The van der Waals surface area contributed by atoms with Gasteiger partial charge in [0.2, 0.25) is 0 Å².